The summed E-state index contributed by atoms with van der Waals surface area (Å²) < 4.78 is 0. The van der Waals surface area contributed by atoms with E-state index < -0.39 is 0 Å². The van der Waals surface area contributed by atoms with Gasteiger partial charge in [-0.1, -0.05) is 5.16 Å². The van der Waals surface area contributed by atoms with Crippen molar-refractivity contribution in [2.45, 2.75) is 13.0 Å². The molecule has 0 saturated carbocycles. The van der Waals surface area contributed by atoms with E-state index >= 15 is 0 Å². The number of aromatic nitrogens is 2. The lowest BCUT2D eigenvalue weighted by Crippen LogP contribution is -2.31. The van der Waals surface area contributed by atoms with Crippen LogP contribution in [-0.2, 0) is 0 Å². The van der Waals surface area contributed by atoms with Gasteiger partial charge in [-0.25, -0.2) is 9.97 Å². The summed E-state index contributed by atoms with van der Waals surface area (Å²) in [5, 5.41) is 11.4. The van der Waals surface area contributed by atoms with E-state index in [1.807, 2.05) is 11.9 Å². The molecule has 0 aliphatic heterocycles. The highest BCUT2D eigenvalue weighted by Gasteiger charge is 2.11. The summed E-state index contributed by atoms with van der Waals surface area (Å²) in [5.41, 5.74) is 5.77. The summed E-state index contributed by atoms with van der Waals surface area (Å²) in [7, 11) is 1.97. The van der Waals surface area contributed by atoms with Gasteiger partial charge in [0.1, 0.15) is 11.5 Å². The number of rotatable bonds is 5. The first-order valence-corrected chi connectivity index (χ1v) is 6.51. The zero-order chi connectivity index (χ0) is 12.8. The third-order valence-corrected chi connectivity index (χ3v) is 3.25. The first-order valence-electron chi connectivity index (χ1n) is 5.11. The van der Waals surface area contributed by atoms with Gasteiger partial charge in [-0.3, -0.25) is 0 Å². The van der Waals surface area contributed by atoms with Crippen molar-refractivity contribution in [3.8, 4) is 0 Å². The summed E-state index contributed by atoms with van der Waals surface area (Å²) in [6.07, 6.45) is 5.18. The first-order chi connectivity index (χ1) is 8.10. The van der Waals surface area contributed by atoms with Gasteiger partial charge in [-0.2, -0.15) is 11.8 Å². The van der Waals surface area contributed by atoms with Crippen molar-refractivity contribution in [1.82, 2.24) is 9.97 Å². The molecule has 0 fully saturated rings. The van der Waals surface area contributed by atoms with Gasteiger partial charge in [0.15, 0.2) is 5.84 Å². The van der Waals surface area contributed by atoms with Crippen molar-refractivity contribution in [2.75, 3.05) is 24.0 Å². The third kappa shape index (κ3) is 3.48. The SMILES string of the molecule is CSCC(C)N(C)c1cnc(C(N)=NO)cn1. The van der Waals surface area contributed by atoms with Crippen molar-refractivity contribution in [3.63, 3.8) is 0 Å². The zero-order valence-corrected chi connectivity index (χ0v) is 11.0. The number of nitrogens with two attached hydrogens (primary N) is 1. The molecule has 0 aromatic carbocycles. The van der Waals surface area contributed by atoms with Gasteiger partial charge in [0.2, 0.25) is 0 Å². The Bertz CT molecular complexity index is 381. The molecular weight excluding hydrogens is 238 g/mol. The molecule has 0 amide bonds. The number of thioether (sulfide) groups is 1. The van der Waals surface area contributed by atoms with Crippen LogP contribution in [0.1, 0.15) is 12.6 Å². The first kappa shape index (κ1) is 13.6. The smallest absolute Gasteiger partial charge is 0.190 e. The Hall–Kier alpha value is -1.50. The fourth-order valence-corrected chi connectivity index (χ4v) is 1.97. The average Bonchev–Trinajstić information content (AvgIpc) is 2.37. The van der Waals surface area contributed by atoms with E-state index in [1.165, 1.54) is 6.20 Å². The maximum absolute atomic E-state index is 8.51. The Morgan fingerprint density at radius 3 is 2.76 bits per heavy atom. The zero-order valence-electron chi connectivity index (χ0n) is 10.2. The second-order valence-electron chi connectivity index (χ2n) is 3.66. The lowest BCUT2D eigenvalue weighted by molar-refractivity contribution is 0.318. The molecular formula is C10H17N5OS. The molecule has 17 heavy (non-hydrogen) atoms. The summed E-state index contributed by atoms with van der Waals surface area (Å²) >= 11 is 1.78. The van der Waals surface area contributed by atoms with Gasteiger partial charge >= 0.3 is 0 Å². The number of oxime groups is 1. The molecule has 94 valence electrons. The summed E-state index contributed by atoms with van der Waals surface area (Å²) in [6, 6.07) is 0.369. The van der Waals surface area contributed by atoms with Crippen molar-refractivity contribution in [3.05, 3.63) is 18.1 Å². The second-order valence-corrected chi connectivity index (χ2v) is 4.57. The molecule has 1 unspecified atom stereocenters. The number of hydrogen-bond donors (Lipinski definition) is 2. The Balaban J connectivity index is 2.80. The van der Waals surface area contributed by atoms with Crippen LogP contribution in [0.5, 0.6) is 0 Å². The van der Waals surface area contributed by atoms with E-state index in [0.717, 1.165) is 11.6 Å². The lowest BCUT2D eigenvalue weighted by Gasteiger charge is -2.24. The molecule has 0 aliphatic rings. The lowest BCUT2D eigenvalue weighted by atomic mass is 10.3. The molecule has 3 N–H and O–H groups in total. The molecule has 6 nitrogen and oxygen atoms in total. The van der Waals surface area contributed by atoms with Crippen LogP contribution in [0.15, 0.2) is 17.5 Å². The van der Waals surface area contributed by atoms with E-state index in [9.17, 15) is 0 Å². The van der Waals surface area contributed by atoms with E-state index in [1.54, 1.807) is 18.0 Å². The number of nitrogens with zero attached hydrogens (tertiary/aromatic N) is 4. The van der Waals surface area contributed by atoms with Crippen LogP contribution in [0.4, 0.5) is 5.82 Å². The van der Waals surface area contributed by atoms with Gasteiger partial charge in [0.05, 0.1) is 12.4 Å². The molecule has 0 bridgehead atoms. The monoisotopic (exact) mass is 255 g/mol. The fraction of sp³-hybridized carbons (Fsp3) is 0.500. The molecule has 7 heteroatoms. The molecule has 0 aliphatic carbocycles. The van der Waals surface area contributed by atoms with E-state index in [0.29, 0.717) is 11.7 Å². The van der Waals surface area contributed by atoms with Gasteiger partial charge in [-0.05, 0) is 13.2 Å². The van der Waals surface area contributed by atoms with Crippen LogP contribution >= 0.6 is 11.8 Å². The average molecular weight is 255 g/mol. The van der Waals surface area contributed by atoms with Crippen LogP contribution < -0.4 is 10.6 Å². The summed E-state index contributed by atoms with van der Waals surface area (Å²) in [4.78, 5) is 10.4. The Morgan fingerprint density at radius 1 is 1.59 bits per heavy atom. The van der Waals surface area contributed by atoms with Gasteiger partial charge in [0, 0.05) is 18.8 Å². The van der Waals surface area contributed by atoms with Gasteiger partial charge in [0.25, 0.3) is 0 Å². The van der Waals surface area contributed by atoms with E-state index in [-0.39, 0.29) is 5.84 Å². The maximum Gasteiger partial charge on any atom is 0.190 e. The van der Waals surface area contributed by atoms with Crippen LogP contribution in [0.3, 0.4) is 0 Å². The predicted octanol–water partition coefficient (Wildman–Crippen LogP) is 0.759. The molecule has 1 heterocycles. The van der Waals surface area contributed by atoms with E-state index in [4.69, 9.17) is 10.9 Å². The van der Waals surface area contributed by atoms with Crippen molar-refractivity contribution in [2.24, 2.45) is 10.9 Å². The van der Waals surface area contributed by atoms with Crippen LogP contribution in [0.2, 0.25) is 0 Å². The minimum atomic E-state index is -0.0381. The second kappa shape index (κ2) is 6.29. The van der Waals surface area contributed by atoms with Crippen LogP contribution in [0, 0.1) is 0 Å². The maximum atomic E-state index is 8.51. The molecule has 1 rings (SSSR count). The van der Waals surface area contributed by atoms with E-state index in [2.05, 4.69) is 28.3 Å². The standard InChI is InChI=1S/C10H17N5OS/c1-7(6-17-3)15(2)9-5-12-8(4-13-9)10(11)14-16/h4-5,7,16H,6H2,1-3H3,(H2,11,14). The highest BCUT2D eigenvalue weighted by atomic mass is 32.2. The Labute approximate surface area is 105 Å². The number of hydrogen-bond acceptors (Lipinski definition) is 6. The largest absolute Gasteiger partial charge is 0.409 e. The predicted molar refractivity (Wildman–Crippen MR) is 70.8 cm³/mol. The van der Waals surface area contributed by atoms with Crippen LogP contribution in [0.25, 0.3) is 0 Å². The molecule has 0 radical (unpaired) electrons. The van der Waals surface area contributed by atoms with Crippen molar-refractivity contribution < 1.29 is 5.21 Å². The van der Waals surface area contributed by atoms with Crippen LogP contribution in [-0.4, -0.2) is 46.1 Å². The topological polar surface area (TPSA) is 87.6 Å². The normalized spacial score (nSPS) is 13.5. The minimum absolute atomic E-state index is 0.0381. The molecule has 1 aromatic rings. The summed E-state index contributed by atoms with van der Waals surface area (Å²) in [6.45, 7) is 2.12. The molecule has 1 aromatic heterocycles. The quantitative estimate of drug-likeness (QED) is 0.349. The van der Waals surface area contributed by atoms with Gasteiger partial charge in [-0.15, -0.1) is 0 Å². The Kier molecular flexibility index (Phi) is 5.02. The van der Waals surface area contributed by atoms with Gasteiger partial charge < -0.3 is 15.8 Å². The highest BCUT2D eigenvalue weighted by Crippen LogP contribution is 2.12. The molecule has 0 saturated heterocycles. The number of anilines is 1. The third-order valence-electron chi connectivity index (χ3n) is 2.44. The fourth-order valence-electron chi connectivity index (χ4n) is 1.27. The van der Waals surface area contributed by atoms with Crippen molar-refractivity contribution in [1.29, 1.82) is 0 Å². The molecule has 1 atom stereocenters. The Morgan fingerprint density at radius 2 is 2.29 bits per heavy atom. The highest BCUT2D eigenvalue weighted by molar-refractivity contribution is 7.98. The molecule has 0 spiro atoms. The minimum Gasteiger partial charge on any atom is -0.409 e. The van der Waals surface area contributed by atoms with Crippen molar-refractivity contribution >= 4 is 23.4 Å². The summed E-state index contributed by atoms with van der Waals surface area (Å²) in [5.74, 6) is 1.74. The number of amidine groups is 1.